The van der Waals surface area contributed by atoms with Gasteiger partial charge in [0.2, 0.25) is 5.91 Å². The van der Waals surface area contributed by atoms with Gasteiger partial charge in [-0.25, -0.2) is 0 Å². The lowest BCUT2D eigenvalue weighted by Gasteiger charge is -2.29. The van der Waals surface area contributed by atoms with Gasteiger partial charge >= 0.3 is 0 Å². The molecule has 8 heteroatoms. The molecule has 2 rings (SSSR count). The highest BCUT2D eigenvalue weighted by atomic mass is 79.9. The molecule has 0 radical (unpaired) electrons. The maximum absolute atomic E-state index is 13.0. The smallest absolute Gasteiger partial charge is 0.261 e. The Balaban J connectivity index is 2.13. The average molecular weight is 516 g/mol. The number of carbonyl (C=O) groups excluding carboxylic acids is 2. The Kier molecular flexibility index (Phi) is 9.95. The maximum atomic E-state index is 13.0. The lowest BCUT2D eigenvalue weighted by atomic mass is 10.1. The largest absolute Gasteiger partial charge is 0.484 e. The standard InChI is InChI=1S/C22H25BrCl2N2O3/c1-3-4-11-26-22(29)15(2)27(13-16-5-10-19(24)20(25)12-16)21(28)14-30-18-8-6-17(23)7-9-18/h5-10,12,15H,3-4,11,13-14H2,1-2H3,(H,26,29)/t15-/m1/s1. The van der Waals surface area contributed by atoms with Crippen molar-refractivity contribution in [1.82, 2.24) is 10.2 Å². The summed E-state index contributed by atoms with van der Waals surface area (Å²) in [5.74, 6) is 0.0590. The molecule has 0 saturated heterocycles. The van der Waals surface area contributed by atoms with E-state index in [1.807, 2.05) is 12.1 Å². The van der Waals surface area contributed by atoms with Crippen LogP contribution in [0.4, 0.5) is 0 Å². The van der Waals surface area contributed by atoms with Gasteiger partial charge in [-0.3, -0.25) is 9.59 Å². The Bertz CT molecular complexity index is 862. The number of unbranched alkanes of at least 4 members (excludes halogenated alkanes) is 1. The fourth-order valence-corrected chi connectivity index (χ4v) is 3.30. The van der Waals surface area contributed by atoms with Crippen LogP contribution >= 0.6 is 39.1 Å². The molecule has 0 unspecified atom stereocenters. The summed E-state index contributed by atoms with van der Waals surface area (Å²) in [5, 5.41) is 3.71. The molecule has 2 aromatic carbocycles. The van der Waals surface area contributed by atoms with Crippen molar-refractivity contribution < 1.29 is 14.3 Å². The van der Waals surface area contributed by atoms with Gasteiger partial charge in [-0.1, -0.05) is 58.5 Å². The van der Waals surface area contributed by atoms with E-state index in [9.17, 15) is 9.59 Å². The van der Waals surface area contributed by atoms with E-state index in [0.717, 1.165) is 22.9 Å². The highest BCUT2D eigenvalue weighted by Gasteiger charge is 2.26. The molecule has 2 amide bonds. The number of hydrogen-bond acceptors (Lipinski definition) is 3. The van der Waals surface area contributed by atoms with Crippen molar-refractivity contribution in [3.8, 4) is 5.75 Å². The highest BCUT2D eigenvalue weighted by Crippen LogP contribution is 2.24. The minimum Gasteiger partial charge on any atom is -0.484 e. The molecular formula is C22H25BrCl2N2O3. The van der Waals surface area contributed by atoms with E-state index in [-0.39, 0.29) is 25.0 Å². The van der Waals surface area contributed by atoms with Crippen LogP contribution in [0.25, 0.3) is 0 Å². The first kappa shape index (κ1) is 24.5. The van der Waals surface area contributed by atoms with Crippen molar-refractivity contribution in [3.63, 3.8) is 0 Å². The molecular weight excluding hydrogens is 491 g/mol. The van der Waals surface area contributed by atoms with Gasteiger partial charge in [0.15, 0.2) is 6.61 Å². The number of hydrogen-bond donors (Lipinski definition) is 1. The second-order valence-corrected chi connectivity index (χ2v) is 8.56. The first-order chi connectivity index (χ1) is 14.3. The second kappa shape index (κ2) is 12.2. The van der Waals surface area contributed by atoms with Crippen LogP contribution in [-0.4, -0.2) is 35.9 Å². The normalized spacial score (nSPS) is 11.6. The Morgan fingerprint density at radius 1 is 1.13 bits per heavy atom. The average Bonchev–Trinajstić information content (AvgIpc) is 2.73. The second-order valence-electron chi connectivity index (χ2n) is 6.83. The zero-order valence-electron chi connectivity index (χ0n) is 17.0. The number of carbonyl (C=O) groups is 2. The number of ether oxygens (including phenoxy) is 1. The molecule has 0 aliphatic carbocycles. The molecule has 30 heavy (non-hydrogen) atoms. The van der Waals surface area contributed by atoms with Gasteiger partial charge in [0.25, 0.3) is 5.91 Å². The molecule has 0 heterocycles. The van der Waals surface area contributed by atoms with Crippen LogP contribution in [0.1, 0.15) is 32.3 Å². The zero-order chi connectivity index (χ0) is 22.1. The lowest BCUT2D eigenvalue weighted by molar-refractivity contribution is -0.142. The summed E-state index contributed by atoms with van der Waals surface area (Å²) < 4.78 is 6.54. The Hall–Kier alpha value is -1.76. The summed E-state index contributed by atoms with van der Waals surface area (Å²) in [6.45, 7) is 4.35. The summed E-state index contributed by atoms with van der Waals surface area (Å²) in [5.41, 5.74) is 0.773. The molecule has 2 aromatic rings. The number of benzene rings is 2. The van der Waals surface area contributed by atoms with E-state index >= 15 is 0 Å². The summed E-state index contributed by atoms with van der Waals surface area (Å²) >= 11 is 15.5. The van der Waals surface area contributed by atoms with Gasteiger partial charge in [0.05, 0.1) is 10.0 Å². The SMILES string of the molecule is CCCCNC(=O)[C@@H](C)N(Cc1ccc(Cl)c(Cl)c1)C(=O)COc1ccc(Br)cc1. The van der Waals surface area contributed by atoms with Crippen LogP contribution in [0.2, 0.25) is 10.0 Å². The minimum absolute atomic E-state index is 0.185. The summed E-state index contributed by atoms with van der Waals surface area (Å²) in [4.78, 5) is 27.0. The van der Waals surface area contributed by atoms with Crippen LogP contribution in [-0.2, 0) is 16.1 Å². The summed E-state index contributed by atoms with van der Waals surface area (Å²) in [6.07, 6.45) is 1.85. The molecule has 1 N–H and O–H groups in total. The maximum Gasteiger partial charge on any atom is 0.261 e. The van der Waals surface area contributed by atoms with Crippen LogP contribution < -0.4 is 10.1 Å². The first-order valence-corrected chi connectivity index (χ1v) is 11.3. The topological polar surface area (TPSA) is 58.6 Å². The molecule has 1 atom stereocenters. The number of amides is 2. The number of nitrogens with one attached hydrogen (secondary N) is 1. The Labute approximate surface area is 195 Å². The van der Waals surface area contributed by atoms with E-state index < -0.39 is 6.04 Å². The lowest BCUT2D eigenvalue weighted by Crippen LogP contribution is -2.49. The molecule has 0 aromatic heterocycles. The number of halogens is 3. The van der Waals surface area contributed by atoms with Gasteiger partial charge in [-0.15, -0.1) is 0 Å². The van der Waals surface area contributed by atoms with Crippen molar-refractivity contribution in [2.75, 3.05) is 13.2 Å². The van der Waals surface area contributed by atoms with Crippen molar-refractivity contribution >= 4 is 50.9 Å². The number of rotatable bonds is 10. The highest BCUT2D eigenvalue weighted by molar-refractivity contribution is 9.10. The number of nitrogens with zero attached hydrogens (tertiary/aromatic N) is 1. The van der Waals surface area contributed by atoms with Gasteiger partial charge in [-0.2, -0.15) is 0 Å². The quantitative estimate of drug-likeness (QED) is 0.427. The summed E-state index contributed by atoms with van der Waals surface area (Å²) in [7, 11) is 0. The zero-order valence-corrected chi connectivity index (χ0v) is 20.1. The molecule has 0 aliphatic heterocycles. The van der Waals surface area contributed by atoms with E-state index in [4.69, 9.17) is 27.9 Å². The third kappa shape index (κ3) is 7.49. The van der Waals surface area contributed by atoms with E-state index in [2.05, 4.69) is 28.2 Å². The molecule has 0 bridgehead atoms. The van der Waals surface area contributed by atoms with Gasteiger partial charge in [0, 0.05) is 17.6 Å². The van der Waals surface area contributed by atoms with Crippen LogP contribution in [0.3, 0.4) is 0 Å². The molecule has 5 nitrogen and oxygen atoms in total. The predicted molar refractivity (Wildman–Crippen MR) is 124 cm³/mol. The molecule has 0 saturated carbocycles. The fourth-order valence-electron chi connectivity index (χ4n) is 2.71. The fraction of sp³-hybridized carbons (Fsp3) is 0.364. The molecule has 0 fully saturated rings. The van der Waals surface area contributed by atoms with Crippen LogP contribution in [0.5, 0.6) is 5.75 Å². The van der Waals surface area contributed by atoms with Crippen LogP contribution in [0.15, 0.2) is 46.9 Å². The van der Waals surface area contributed by atoms with Crippen molar-refractivity contribution in [2.24, 2.45) is 0 Å². The van der Waals surface area contributed by atoms with Crippen molar-refractivity contribution in [3.05, 3.63) is 62.5 Å². The van der Waals surface area contributed by atoms with Crippen molar-refractivity contribution in [2.45, 2.75) is 39.3 Å². The molecule has 0 spiro atoms. The van der Waals surface area contributed by atoms with Crippen LogP contribution in [0, 0.1) is 0 Å². The van der Waals surface area contributed by atoms with Gasteiger partial charge in [0.1, 0.15) is 11.8 Å². The Morgan fingerprint density at radius 3 is 2.47 bits per heavy atom. The van der Waals surface area contributed by atoms with Crippen molar-refractivity contribution in [1.29, 1.82) is 0 Å². The van der Waals surface area contributed by atoms with Gasteiger partial charge < -0.3 is 15.0 Å². The molecule has 162 valence electrons. The molecule has 0 aliphatic rings. The van der Waals surface area contributed by atoms with Gasteiger partial charge in [-0.05, 0) is 55.3 Å². The van der Waals surface area contributed by atoms with E-state index in [1.165, 1.54) is 4.90 Å². The predicted octanol–water partition coefficient (Wildman–Crippen LogP) is 5.47. The Morgan fingerprint density at radius 2 is 1.83 bits per heavy atom. The van der Waals surface area contributed by atoms with E-state index in [0.29, 0.717) is 22.3 Å². The summed E-state index contributed by atoms with van der Waals surface area (Å²) in [6, 6.07) is 11.7. The third-order valence-electron chi connectivity index (χ3n) is 4.51. The first-order valence-electron chi connectivity index (χ1n) is 9.71. The third-order valence-corrected chi connectivity index (χ3v) is 5.78. The minimum atomic E-state index is -0.669. The monoisotopic (exact) mass is 514 g/mol. The van der Waals surface area contributed by atoms with E-state index in [1.54, 1.807) is 37.3 Å².